The molecule has 1 aliphatic heterocycles. The van der Waals surface area contributed by atoms with Crippen molar-refractivity contribution < 1.29 is 4.79 Å². The molecule has 1 rings (SSSR count). The van der Waals surface area contributed by atoms with Gasteiger partial charge in [0.25, 0.3) is 0 Å². The molecule has 1 fully saturated rings. The van der Waals surface area contributed by atoms with Crippen molar-refractivity contribution in [1.82, 2.24) is 14.7 Å². The molecule has 0 radical (unpaired) electrons. The Balaban J connectivity index is 2.20. The summed E-state index contributed by atoms with van der Waals surface area (Å²) in [6.45, 7) is 7.12. The summed E-state index contributed by atoms with van der Waals surface area (Å²) in [5.74, 6) is 0.209. The summed E-state index contributed by atoms with van der Waals surface area (Å²) in [5, 5.41) is 0. The molecule has 110 valence electrons. The fourth-order valence-electron chi connectivity index (χ4n) is 2.23. The van der Waals surface area contributed by atoms with Gasteiger partial charge in [-0.1, -0.05) is 12.2 Å². The summed E-state index contributed by atoms with van der Waals surface area (Å²) in [6, 6.07) is 0.187. The number of rotatable bonds is 6. The minimum absolute atomic E-state index is 0.187. The van der Waals surface area contributed by atoms with Crippen LogP contribution in [-0.2, 0) is 4.79 Å². The Kier molecular flexibility index (Phi) is 6.68. The molecule has 0 bridgehead atoms. The molecule has 1 amide bonds. The van der Waals surface area contributed by atoms with Gasteiger partial charge in [0, 0.05) is 46.7 Å². The van der Waals surface area contributed by atoms with Crippen LogP contribution in [0.15, 0.2) is 0 Å². The van der Waals surface area contributed by atoms with Crippen molar-refractivity contribution in [2.75, 3.05) is 46.8 Å². The minimum atomic E-state index is 0.187. The molecule has 19 heavy (non-hydrogen) atoms. The normalized spacial score (nSPS) is 19.1. The lowest BCUT2D eigenvalue weighted by Gasteiger charge is -2.37. The largest absolute Gasteiger partial charge is 0.392 e. The maximum absolute atomic E-state index is 11.5. The fraction of sp³-hybridized carbons (Fsp3) is 0.846. The Hall–Kier alpha value is -0.720. The number of amides is 1. The van der Waals surface area contributed by atoms with Crippen LogP contribution in [0.4, 0.5) is 0 Å². The zero-order chi connectivity index (χ0) is 14.4. The van der Waals surface area contributed by atoms with Crippen molar-refractivity contribution in [2.24, 2.45) is 5.73 Å². The maximum Gasteiger partial charge on any atom is 0.222 e. The van der Waals surface area contributed by atoms with Crippen molar-refractivity contribution in [1.29, 1.82) is 0 Å². The van der Waals surface area contributed by atoms with Crippen LogP contribution >= 0.6 is 12.2 Å². The topological polar surface area (TPSA) is 52.8 Å². The van der Waals surface area contributed by atoms with Gasteiger partial charge in [-0.2, -0.15) is 0 Å². The van der Waals surface area contributed by atoms with E-state index in [1.165, 1.54) is 0 Å². The van der Waals surface area contributed by atoms with Crippen LogP contribution in [0.25, 0.3) is 0 Å². The summed E-state index contributed by atoms with van der Waals surface area (Å²) < 4.78 is 0. The molecule has 0 aliphatic carbocycles. The quantitative estimate of drug-likeness (QED) is 0.704. The Morgan fingerprint density at radius 2 is 1.89 bits per heavy atom. The number of carbonyl (C=O) groups excluding carboxylic acids is 1. The molecule has 6 heteroatoms. The molecular formula is C13H26N4OS. The Bertz CT molecular complexity index is 314. The highest BCUT2D eigenvalue weighted by atomic mass is 32.1. The van der Waals surface area contributed by atoms with E-state index in [-0.39, 0.29) is 11.9 Å². The third-order valence-corrected chi connectivity index (χ3v) is 4.07. The first-order valence-corrected chi connectivity index (χ1v) is 7.28. The lowest BCUT2D eigenvalue weighted by atomic mass is 10.2. The lowest BCUT2D eigenvalue weighted by molar-refractivity contribution is -0.128. The highest BCUT2D eigenvalue weighted by Gasteiger charge is 2.22. The molecule has 0 saturated carbocycles. The first kappa shape index (κ1) is 16.3. The fourth-order valence-corrected chi connectivity index (χ4v) is 2.38. The van der Waals surface area contributed by atoms with Gasteiger partial charge in [0.2, 0.25) is 5.91 Å². The molecular weight excluding hydrogens is 260 g/mol. The van der Waals surface area contributed by atoms with Crippen LogP contribution in [0.5, 0.6) is 0 Å². The second kappa shape index (κ2) is 7.77. The molecule has 1 atom stereocenters. The molecule has 0 aromatic heterocycles. The van der Waals surface area contributed by atoms with Gasteiger partial charge >= 0.3 is 0 Å². The molecule has 0 aromatic rings. The Morgan fingerprint density at radius 3 is 2.37 bits per heavy atom. The van der Waals surface area contributed by atoms with E-state index in [9.17, 15) is 4.79 Å². The van der Waals surface area contributed by atoms with Crippen molar-refractivity contribution >= 4 is 23.1 Å². The van der Waals surface area contributed by atoms with E-state index >= 15 is 0 Å². The lowest BCUT2D eigenvalue weighted by Crippen LogP contribution is -2.52. The molecule has 1 unspecified atom stereocenters. The summed E-state index contributed by atoms with van der Waals surface area (Å²) in [7, 11) is 3.61. The van der Waals surface area contributed by atoms with E-state index in [1.807, 2.05) is 0 Å². The molecule has 0 aromatic carbocycles. The van der Waals surface area contributed by atoms with E-state index in [4.69, 9.17) is 18.0 Å². The molecule has 5 nitrogen and oxygen atoms in total. The maximum atomic E-state index is 11.5. The predicted molar refractivity (Wildman–Crippen MR) is 82.2 cm³/mol. The third-order valence-electron chi connectivity index (χ3n) is 3.73. The second-order valence-electron chi connectivity index (χ2n) is 5.35. The first-order valence-electron chi connectivity index (χ1n) is 6.87. The average Bonchev–Trinajstić information content (AvgIpc) is 2.38. The van der Waals surface area contributed by atoms with Crippen LogP contribution in [0.2, 0.25) is 0 Å². The van der Waals surface area contributed by atoms with E-state index in [0.717, 1.165) is 39.1 Å². The number of hydrogen-bond donors (Lipinski definition) is 1. The van der Waals surface area contributed by atoms with Crippen LogP contribution in [-0.4, -0.2) is 78.5 Å². The molecule has 1 heterocycles. The van der Waals surface area contributed by atoms with E-state index < -0.39 is 0 Å². The van der Waals surface area contributed by atoms with Gasteiger partial charge in [-0.25, -0.2) is 0 Å². The third kappa shape index (κ3) is 5.42. The highest BCUT2D eigenvalue weighted by molar-refractivity contribution is 7.80. The predicted octanol–water partition coefficient (Wildman–Crippen LogP) is 0.147. The van der Waals surface area contributed by atoms with Crippen molar-refractivity contribution in [2.45, 2.75) is 25.8 Å². The van der Waals surface area contributed by atoms with Crippen LogP contribution in [0, 0.1) is 0 Å². The monoisotopic (exact) mass is 286 g/mol. The molecule has 1 aliphatic rings. The molecule has 1 saturated heterocycles. The average molecular weight is 286 g/mol. The van der Waals surface area contributed by atoms with Crippen LogP contribution < -0.4 is 5.73 Å². The minimum Gasteiger partial charge on any atom is -0.392 e. The number of hydrogen-bond acceptors (Lipinski definition) is 4. The molecule has 0 spiro atoms. The Morgan fingerprint density at radius 1 is 1.32 bits per heavy atom. The van der Waals surface area contributed by atoms with E-state index in [1.54, 1.807) is 19.0 Å². The van der Waals surface area contributed by atoms with Gasteiger partial charge in [-0.3, -0.25) is 9.69 Å². The zero-order valence-corrected chi connectivity index (χ0v) is 13.1. The van der Waals surface area contributed by atoms with Crippen molar-refractivity contribution in [3.63, 3.8) is 0 Å². The summed E-state index contributed by atoms with van der Waals surface area (Å²) in [4.78, 5) is 18.4. The van der Waals surface area contributed by atoms with E-state index in [0.29, 0.717) is 11.4 Å². The van der Waals surface area contributed by atoms with Gasteiger partial charge in [0.15, 0.2) is 0 Å². The number of thiocarbonyl (C=S) groups is 1. The van der Waals surface area contributed by atoms with Gasteiger partial charge in [-0.05, 0) is 19.9 Å². The summed E-state index contributed by atoms with van der Waals surface area (Å²) >= 11 is 5.03. The van der Waals surface area contributed by atoms with E-state index in [2.05, 4.69) is 16.7 Å². The van der Waals surface area contributed by atoms with Gasteiger partial charge in [0.05, 0.1) is 11.0 Å². The first-order chi connectivity index (χ1) is 8.91. The van der Waals surface area contributed by atoms with Gasteiger partial charge in [-0.15, -0.1) is 0 Å². The standard InChI is InChI=1S/C13H26N4OS/c1-11(13(14)19)17-9-7-16(8-10-17)6-4-5-12(18)15(2)3/h11H,4-10H2,1-3H3,(H2,14,19). The van der Waals surface area contributed by atoms with Crippen molar-refractivity contribution in [3.05, 3.63) is 0 Å². The Labute approximate surface area is 121 Å². The summed E-state index contributed by atoms with van der Waals surface area (Å²) in [6.07, 6.45) is 1.57. The summed E-state index contributed by atoms with van der Waals surface area (Å²) in [5.41, 5.74) is 5.68. The highest BCUT2D eigenvalue weighted by Crippen LogP contribution is 2.08. The number of piperazine rings is 1. The number of nitrogens with zero attached hydrogens (tertiary/aromatic N) is 3. The van der Waals surface area contributed by atoms with Crippen molar-refractivity contribution in [3.8, 4) is 0 Å². The second-order valence-corrected chi connectivity index (χ2v) is 5.82. The zero-order valence-electron chi connectivity index (χ0n) is 12.3. The number of nitrogens with two attached hydrogens (primary N) is 1. The SMILES string of the molecule is CC(C(N)=S)N1CCN(CCCC(=O)N(C)C)CC1. The molecule has 2 N–H and O–H groups in total. The number of carbonyl (C=O) groups is 1. The van der Waals surface area contributed by atoms with Gasteiger partial charge in [0.1, 0.15) is 0 Å². The van der Waals surface area contributed by atoms with Gasteiger partial charge < -0.3 is 15.5 Å². The van der Waals surface area contributed by atoms with Crippen LogP contribution in [0.3, 0.4) is 0 Å². The van der Waals surface area contributed by atoms with Crippen LogP contribution in [0.1, 0.15) is 19.8 Å². The smallest absolute Gasteiger partial charge is 0.222 e.